The monoisotopic (exact) mass is 224 g/mol. The summed E-state index contributed by atoms with van der Waals surface area (Å²) < 4.78 is 0. The minimum Gasteiger partial charge on any atom is -0.387 e. The molecule has 0 radical (unpaired) electrons. The molecule has 2 aliphatic rings. The van der Waals surface area contributed by atoms with Gasteiger partial charge in [0.25, 0.3) is 0 Å². The van der Waals surface area contributed by atoms with Crippen LogP contribution < -0.4 is 16.4 Å². The van der Waals surface area contributed by atoms with Gasteiger partial charge in [-0.3, -0.25) is 5.41 Å². The second-order valence-electron chi connectivity index (χ2n) is 5.43. The summed E-state index contributed by atoms with van der Waals surface area (Å²) in [6.45, 7) is 6.44. The minimum atomic E-state index is -0.114. The van der Waals surface area contributed by atoms with Gasteiger partial charge in [0.05, 0.1) is 5.84 Å². The van der Waals surface area contributed by atoms with Crippen molar-refractivity contribution in [3.05, 3.63) is 0 Å². The highest BCUT2D eigenvalue weighted by molar-refractivity contribution is 5.84. The summed E-state index contributed by atoms with van der Waals surface area (Å²) >= 11 is 0. The summed E-state index contributed by atoms with van der Waals surface area (Å²) in [5, 5.41) is 14.8. The molecular formula is C12H24N4. The lowest BCUT2D eigenvalue weighted by molar-refractivity contribution is 0.153. The fourth-order valence-corrected chi connectivity index (χ4v) is 3.30. The molecular weight excluding hydrogens is 200 g/mol. The van der Waals surface area contributed by atoms with E-state index >= 15 is 0 Å². The van der Waals surface area contributed by atoms with Gasteiger partial charge < -0.3 is 16.4 Å². The molecule has 3 unspecified atom stereocenters. The van der Waals surface area contributed by atoms with Crippen LogP contribution in [0.5, 0.6) is 0 Å². The minimum absolute atomic E-state index is 0.114. The number of nitrogens with two attached hydrogens (primary N) is 1. The van der Waals surface area contributed by atoms with E-state index in [9.17, 15) is 0 Å². The van der Waals surface area contributed by atoms with Crippen molar-refractivity contribution in [3.8, 4) is 0 Å². The third-order valence-corrected chi connectivity index (χ3v) is 4.63. The lowest BCUT2D eigenvalue weighted by Gasteiger charge is -2.43. The zero-order valence-corrected chi connectivity index (χ0v) is 10.2. The SMILES string of the molecule is CC(C(=N)N)(C1CCCNC1)C1CCNC1. The molecule has 0 saturated carbocycles. The Labute approximate surface area is 97.9 Å². The summed E-state index contributed by atoms with van der Waals surface area (Å²) in [4.78, 5) is 0. The van der Waals surface area contributed by atoms with Crippen LogP contribution in [0.4, 0.5) is 0 Å². The van der Waals surface area contributed by atoms with Gasteiger partial charge in [-0.2, -0.15) is 0 Å². The maximum Gasteiger partial charge on any atom is 0.0972 e. The third kappa shape index (κ3) is 1.96. The molecule has 2 aliphatic heterocycles. The van der Waals surface area contributed by atoms with Crippen LogP contribution in [-0.2, 0) is 0 Å². The quantitative estimate of drug-likeness (QED) is 0.417. The first-order valence-electron chi connectivity index (χ1n) is 6.41. The summed E-state index contributed by atoms with van der Waals surface area (Å²) in [6, 6.07) is 0. The Morgan fingerprint density at radius 1 is 1.19 bits per heavy atom. The molecule has 5 N–H and O–H groups in total. The van der Waals surface area contributed by atoms with Gasteiger partial charge in [0.2, 0.25) is 0 Å². The van der Waals surface area contributed by atoms with Gasteiger partial charge in [0, 0.05) is 5.41 Å². The van der Waals surface area contributed by atoms with Gasteiger partial charge in [-0.1, -0.05) is 6.92 Å². The number of amidine groups is 1. The molecule has 92 valence electrons. The molecule has 0 spiro atoms. The molecule has 2 heterocycles. The fraction of sp³-hybridized carbons (Fsp3) is 0.917. The predicted molar refractivity (Wildman–Crippen MR) is 66.6 cm³/mol. The molecule has 2 rings (SSSR count). The van der Waals surface area contributed by atoms with Gasteiger partial charge in [0.15, 0.2) is 0 Å². The highest BCUT2D eigenvalue weighted by atomic mass is 14.9. The first-order valence-corrected chi connectivity index (χ1v) is 6.41. The highest BCUT2D eigenvalue weighted by Crippen LogP contribution is 2.41. The van der Waals surface area contributed by atoms with E-state index in [-0.39, 0.29) is 5.41 Å². The Morgan fingerprint density at radius 3 is 2.25 bits per heavy atom. The van der Waals surface area contributed by atoms with E-state index in [1.165, 1.54) is 12.8 Å². The molecule has 0 aromatic heterocycles. The van der Waals surface area contributed by atoms with Crippen molar-refractivity contribution in [2.24, 2.45) is 23.0 Å². The van der Waals surface area contributed by atoms with Gasteiger partial charge >= 0.3 is 0 Å². The Bertz CT molecular complexity index is 254. The maximum atomic E-state index is 7.97. The third-order valence-electron chi connectivity index (χ3n) is 4.63. The number of rotatable bonds is 3. The lowest BCUT2D eigenvalue weighted by atomic mass is 9.64. The first-order chi connectivity index (χ1) is 7.65. The van der Waals surface area contributed by atoms with E-state index in [1.807, 2.05) is 0 Å². The second kappa shape index (κ2) is 4.72. The van der Waals surface area contributed by atoms with Gasteiger partial charge in [-0.15, -0.1) is 0 Å². The molecule has 0 amide bonds. The molecule has 3 atom stereocenters. The van der Waals surface area contributed by atoms with Crippen LogP contribution in [0.1, 0.15) is 26.2 Å². The molecule has 0 aromatic carbocycles. The number of hydrogen-bond donors (Lipinski definition) is 4. The predicted octanol–water partition coefficient (Wildman–Crippen LogP) is 0.538. The fourth-order valence-electron chi connectivity index (χ4n) is 3.30. The summed E-state index contributed by atoms with van der Waals surface area (Å²) in [5.41, 5.74) is 5.80. The molecule has 4 nitrogen and oxygen atoms in total. The molecule has 4 heteroatoms. The Hall–Kier alpha value is -0.610. The molecule has 2 fully saturated rings. The summed E-state index contributed by atoms with van der Waals surface area (Å²) in [6.07, 6.45) is 3.58. The van der Waals surface area contributed by atoms with E-state index < -0.39 is 0 Å². The molecule has 0 bridgehead atoms. The largest absolute Gasteiger partial charge is 0.387 e. The standard InChI is InChI=1S/C12H24N4/c1-12(11(13)14,10-4-6-16-8-10)9-3-2-5-15-7-9/h9-10,15-16H,2-8H2,1H3,(H3,13,14). The smallest absolute Gasteiger partial charge is 0.0972 e. The summed E-state index contributed by atoms with van der Waals surface area (Å²) in [7, 11) is 0. The topological polar surface area (TPSA) is 73.9 Å². The lowest BCUT2D eigenvalue weighted by Crippen LogP contribution is -2.51. The van der Waals surface area contributed by atoms with Crippen molar-refractivity contribution in [2.75, 3.05) is 26.2 Å². The first kappa shape index (κ1) is 11.9. The normalized spacial score (nSPS) is 34.6. The molecule has 0 aliphatic carbocycles. The van der Waals surface area contributed by atoms with Gasteiger partial charge in [-0.05, 0) is 57.3 Å². The van der Waals surface area contributed by atoms with Crippen LogP contribution in [0.3, 0.4) is 0 Å². The van der Waals surface area contributed by atoms with E-state index in [1.54, 1.807) is 0 Å². The average molecular weight is 224 g/mol. The zero-order valence-electron chi connectivity index (χ0n) is 10.2. The van der Waals surface area contributed by atoms with E-state index in [0.717, 1.165) is 32.6 Å². The number of nitrogens with one attached hydrogen (secondary N) is 3. The van der Waals surface area contributed by atoms with Gasteiger partial charge in [-0.25, -0.2) is 0 Å². The van der Waals surface area contributed by atoms with Crippen molar-refractivity contribution in [3.63, 3.8) is 0 Å². The van der Waals surface area contributed by atoms with Crippen LogP contribution in [0.15, 0.2) is 0 Å². The molecule has 0 aromatic rings. The van der Waals surface area contributed by atoms with Crippen molar-refractivity contribution >= 4 is 5.84 Å². The Balaban J connectivity index is 2.15. The van der Waals surface area contributed by atoms with Crippen molar-refractivity contribution in [1.82, 2.24) is 10.6 Å². The van der Waals surface area contributed by atoms with E-state index in [0.29, 0.717) is 17.7 Å². The van der Waals surface area contributed by atoms with Gasteiger partial charge in [0.1, 0.15) is 0 Å². The van der Waals surface area contributed by atoms with Crippen LogP contribution in [-0.4, -0.2) is 32.0 Å². The van der Waals surface area contributed by atoms with Crippen molar-refractivity contribution in [2.45, 2.75) is 26.2 Å². The van der Waals surface area contributed by atoms with Crippen molar-refractivity contribution in [1.29, 1.82) is 5.41 Å². The number of piperidine rings is 1. The summed E-state index contributed by atoms with van der Waals surface area (Å²) in [5.74, 6) is 1.45. The molecule has 16 heavy (non-hydrogen) atoms. The highest BCUT2D eigenvalue weighted by Gasteiger charge is 2.45. The van der Waals surface area contributed by atoms with E-state index in [4.69, 9.17) is 11.1 Å². The second-order valence-corrected chi connectivity index (χ2v) is 5.43. The van der Waals surface area contributed by atoms with Crippen LogP contribution in [0.2, 0.25) is 0 Å². The number of hydrogen-bond acceptors (Lipinski definition) is 3. The van der Waals surface area contributed by atoms with Crippen LogP contribution in [0.25, 0.3) is 0 Å². The van der Waals surface area contributed by atoms with Crippen LogP contribution >= 0.6 is 0 Å². The maximum absolute atomic E-state index is 7.97. The zero-order chi connectivity index (χ0) is 11.6. The van der Waals surface area contributed by atoms with Crippen LogP contribution in [0, 0.1) is 22.7 Å². The van der Waals surface area contributed by atoms with E-state index in [2.05, 4.69) is 17.6 Å². The Morgan fingerprint density at radius 2 is 1.81 bits per heavy atom. The molecule has 2 saturated heterocycles. The average Bonchev–Trinajstić information content (AvgIpc) is 2.82. The Kier molecular flexibility index (Phi) is 3.50. The van der Waals surface area contributed by atoms with Crippen molar-refractivity contribution < 1.29 is 0 Å².